The zero-order valence-electron chi connectivity index (χ0n) is 25.9. The Bertz CT molecular complexity index is 1580. The first-order valence-corrected chi connectivity index (χ1v) is 15.9. The molecule has 1 aromatic heterocycles. The minimum Gasteiger partial charge on any atom is -0.340 e. The van der Waals surface area contributed by atoms with Gasteiger partial charge in [-0.15, -0.1) is 0 Å². The van der Waals surface area contributed by atoms with Crippen LogP contribution in [0.5, 0.6) is 0 Å². The van der Waals surface area contributed by atoms with E-state index in [-0.39, 0.29) is 18.4 Å². The van der Waals surface area contributed by atoms with Gasteiger partial charge in [-0.3, -0.25) is 19.2 Å². The van der Waals surface area contributed by atoms with Crippen molar-refractivity contribution in [2.75, 3.05) is 65.4 Å². The molecule has 2 atom stereocenters. The summed E-state index contributed by atoms with van der Waals surface area (Å²) in [5, 5.41) is 23.2. The number of piperazine rings is 1. The van der Waals surface area contributed by atoms with Crippen LogP contribution < -0.4 is 0 Å². The van der Waals surface area contributed by atoms with Crippen LogP contribution in [0.4, 0.5) is 0 Å². The Kier molecular flexibility index (Phi) is 9.25. The van der Waals surface area contributed by atoms with Crippen molar-refractivity contribution in [1.82, 2.24) is 29.4 Å². The van der Waals surface area contributed by atoms with Crippen LogP contribution in [0.3, 0.4) is 0 Å². The lowest BCUT2D eigenvalue weighted by Gasteiger charge is -2.46. The molecule has 4 heterocycles. The van der Waals surface area contributed by atoms with Crippen LogP contribution in [-0.4, -0.2) is 107 Å². The molecule has 0 saturated carbocycles. The number of hydrogen-bond acceptors (Lipinski definition) is 7. The molecule has 3 aliphatic heterocycles. The van der Waals surface area contributed by atoms with E-state index in [9.17, 15) is 20.1 Å². The molecule has 0 radical (unpaired) electrons. The highest BCUT2D eigenvalue weighted by molar-refractivity contribution is 5.83. The van der Waals surface area contributed by atoms with E-state index in [0.29, 0.717) is 23.0 Å². The van der Waals surface area contributed by atoms with Gasteiger partial charge in [-0.05, 0) is 67.6 Å². The molecule has 3 fully saturated rings. The lowest BCUT2D eigenvalue weighted by molar-refractivity contribution is -0.136. The van der Waals surface area contributed by atoms with E-state index in [2.05, 4.69) is 27.0 Å². The summed E-state index contributed by atoms with van der Waals surface area (Å²) in [6.45, 7) is 11.1. The minimum absolute atomic E-state index is 0.0761. The number of carbonyl (C=O) groups is 2. The smallest absolute Gasteiger partial charge is 0.244 e. The molecule has 3 aliphatic rings. The van der Waals surface area contributed by atoms with Crippen molar-refractivity contribution in [3.05, 3.63) is 65.9 Å². The van der Waals surface area contributed by atoms with Crippen molar-refractivity contribution < 1.29 is 9.59 Å². The molecule has 45 heavy (non-hydrogen) atoms. The molecule has 0 spiro atoms. The zero-order valence-corrected chi connectivity index (χ0v) is 25.9. The van der Waals surface area contributed by atoms with Gasteiger partial charge in [0.2, 0.25) is 11.8 Å². The van der Waals surface area contributed by atoms with E-state index in [4.69, 9.17) is 0 Å². The molecular weight excluding hydrogens is 564 g/mol. The Hall–Kier alpha value is -4.51. The summed E-state index contributed by atoms with van der Waals surface area (Å²) in [7, 11) is 0. The standard InChI is InChI=1S/C35H40N8O2/c1-26(44)41-15-13-39(14-16-41)11-2-12-40-21-29-17-30(22-40)24-42(23-29)34(45)25-43-35(32-9-5-28(19-37)6-10-32)33(20-38-43)31-7-3-27(18-36)4-8-31/h3-10,20,29-30H,2,11-17,21-25H2,1H3. The number of likely N-dealkylation sites (tertiary alicyclic amines) is 2. The molecule has 10 nitrogen and oxygen atoms in total. The highest BCUT2D eigenvalue weighted by Crippen LogP contribution is 2.33. The zero-order chi connectivity index (χ0) is 31.3. The fourth-order valence-corrected chi connectivity index (χ4v) is 7.25. The van der Waals surface area contributed by atoms with E-state index >= 15 is 0 Å². The molecule has 0 aliphatic carbocycles. The van der Waals surface area contributed by atoms with Gasteiger partial charge in [0.25, 0.3) is 0 Å². The molecule has 3 saturated heterocycles. The second-order valence-electron chi connectivity index (χ2n) is 12.7. The number of benzene rings is 2. The maximum atomic E-state index is 13.7. The molecule has 6 rings (SSSR count). The number of carbonyl (C=O) groups excluding carboxylic acids is 2. The number of nitrogens with zero attached hydrogens (tertiary/aromatic N) is 8. The number of hydrogen-bond donors (Lipinski definition) is 0. The second-order valence-corrected chi connectivity index (χ2v) is 12.7. The van der Waals surface area contributed by atoms with Gasteiger partial charge in [0.15, 0.2) is 0 Å². The van der Waals surface area contributed by atoms with Gasteiger partial charge in [0, 0.05) is 70.4 Å². The summed E-state index contributed by atoms with van der Waals surface area (Å²) in [5.41, 5.74) is 4.65. The Morgan fingerprint density at radius 3 is 1.93 bits per heavy atom. The van der Waals surface area contributed by atoms with Crippen LogP contribution in [0.25, 0.3) is 22.4 Å². The van der Waals surface area contributed by atoms with Crippen molar-refractivity contribution in [3.63, 3.8) is 0 Å². The second kappa shape index (κ2) is 13.6. The van der Waals surface area contributed by atoms with Gasteiger partial charge in [-0.2, -0.15) is 15.6 Å². The van der Waals surface area contributed by atoms with Gasteiger partial charge < -0.3 is 14.7 Å². The predicted molar refractivity (Wildman–Crippen MR) is 170 cm³/mol. The van der Waals surface area contributed by atoms with Gasteiger partial charge in [0.1, 0.15) is 6.54 Å². The molecular formula is C35H40N8O2. The highest BCUT2D eigenvalue weighted by atomic mass is 16.2. The Labute approximate surface area is 265 Å². The van der Waals surface area contributed by atoms with Gasteiger partial charge in [-0.1, -0.05) is 24.3 Å². The van der Waals surface area contributed by atoms with Crippen LogP contribution in [-0.2, 0) is 16.1 Å². The number of piperidine rings is 2. The fraction of sp³-hybridized carbons (Fsp3) is 0.457. The first kappa shape index (κ1) is 30.5. The normalized spacial score (nSPS) is 20.4. The predicted octanol–water partition coefficient (Wildman–Crippen LogP) is 3.29. The average Bonchev–Trinajstić information content (AvgIpc) is 3.47. The Balaban J connectivity index is 1.08. The Morgan fingerprint density at radius 1 is 0.778 bits per heavy atom. The lowest BCUT2D eigenvalue weighted by Crippen LogP contribution is -2.55. The van der Waals surface area contributed by atoms with Gasteiger partial charge in [-0.25, -0.2) is 0 Å². The quantitative estimate of drug-likeness (QED) is 0.388. The number of nitriles is 2. The summed E-state index contributed by atoms with van der Waals surface area (Å²) in [5.74, 6) is 1.20. The summed E-state index contributed by atoms with van der Waals surface area (Å²) in [4.78, 5) is 34.4. The maximum absolute atomic E-state index is 13.7. The lowest BCUT2D eigenvalue weighted by atomic mass is 9.84. The first-order valence-electron chi connectivity index (χ1n) is 15.9. The summed E-state index contributed by atoms with van der Waals surface area (Å²) >= 11 is 0. The third-order valence-electron chi connectivity index (χ3n) is 9.51. The molecule has 2 amide bonds. The SMILES string of the molecule is CC(=O)N1CCN(CCCN2CC3CC(C2)CN(C(=O)Cn2ncc(-c4ccc(C#N)cc4)c2-c2ccc(C#N)cc2)C3)CC1. The van der Waals surface area contributed by atoms with Gasteiger partial charge >= 0.3 is 0 Å². The van der Waals surface area contributed by atoms with Crippen LogP contribution in [0.1, 0.15) is 30.9 Å². The van der Waals surface area contributed by atoms with Crippen molar-refractivity contribution >= 4 is 11.8 Å². The monoisotopic (exact) mass is 604 g/mol. The molecule has 3 aromatic rings. The van der Waals surface area contributed by atoms with Crippen LogP contribution in [0.15, 0.2) is 54.7 Å². The maximum Gasteiger partial charge on any atom is 0.244 e. The molecule has 10 heteroatoms. The van der Waals surface area contributed by atoms with Crippen molar-refractivity contribution in [3.8, 4) is 34.5 Å². The van der Waals surface area contributed by atoms with Crippen molar-refractivity contribution in [2.24, 2.45) is 11.8 Å². The summed E-state index contributed by atoms with van der Waals surface area (Å²) in [6, 6.07) is 19.1. The van der Waals surface area contributed by atoms with E-state index in [1.165, 1.54) is 6.42 Å². The average molecular weight is 605 g/mol. The molecule has 2 bridgehead atoms. The number of rotatable bonds is 8. The summed E-state index contributed by atoms with van der Waals surface area (Å²) in [6.07, 6.45) is 4.09. The fourth-order valence-electron chi connectivity index (χ4n) is 7.25. The van der Waals surface area contributed by atoms with E-state index in [1.54, 1.807) is 42.1 Å². The van der Waals surface area contributed by atoms with E-state index < -0.39 is 0 Å². The highest BCUT2D eigenvalue weighted by Gasteiger charge is 2.36. The van der Waals surface area contributed by atoms with Crippen molar-refractivity contribution in [1.29, 1.82) is 10.5 Å². The van der Waals surface area contributed by atoms with Gasteiger partial charge in [0.05, 0.1) is 35.2 Å². The van der Waals surface area contributed by atoms with Crippen molar-refractivity contribution in [2.45, 2.75) is 26.3 Å². The largest absolute Gasteiger partial charge is 0.340 e. The third-order valence-corrected chi connectivity index (χ3v) is 9.51. The van der Waals surface area contributed by atoms with Crippen LogP contribution >= 0.6 is 0 Å². The summed E-state index contributed by atoms with van der Waals surface area (Å²) < 4.78 is 1.78. The minimum atomic E-state index is 0.0761. The first-order chi connectivity index (χ1) is 21.9. The van der Waals surface area contributed by atoms with Crippen LogP contribution in [0.2, 0.25) is 0 Å². The van der Waals surface area contributed by atoms with Crippen LogP contribution in [0, 0.1) is 34.5 Å². The molecule has 232 valence electrons. The number of aromatic nitrogens is 2. The molecule has 2 aromatic carbocycles. The molecule has 2 unspecified atom stereocenters. The third kappa shape index (κ3) is 7.09. The number of amides is 2. The topological polar surface area (TPSA) is 112 Å². The molecule has 0 N–H and O–H groups in total. The number of fused-ring (bicyclic) bond motifs is 2. The van der Waals surface area contributed by atoms with E-state index in [1.807, 2.05) is 34.1 Å². The van der Waals surface area contributed by atoms with E-state index in [0.717, 1.165) is 94.3 Å². The Morgan fingerprint density at radius 2 is 1.36 bits per heavy atom.